The Morgan fingerprint density at radius 2 is 1.89 bits per heavy atom. The normalized spacial score (nSPS) is 13.9. The molecule has 1 heterocycles. The fraction of sp³-hybridized carbons (Fsp3) is 0.0800. The number of esters is 2. The van der Waals surface area contributed by atoms with Gasteiger partial charge in [0.15, 0.2) is 17.2 Å². The summed E-state index contributed by atoms with van der Waals surface area (Å²) in [6, 6.07) is 16.1. The molecule has 3 aromatic carbocycles. The summed E-state index contributed by atoms with van der Waals surface area (Å²) in [5.41, 5.74) is 1.75. The van der Waals surface area contributed by atoms with Crippen molar-refractivity contribution in [1.82, 2.24) is 0 Å². The van der Waals surface area contributed by atoms with Crippen LogP contribution in [-0.4, -0.2) is 29.9 Å². The van der Waals surface area contributed by atoms with Gasteiger partial charge in [0.05, 0.1) is 22.1 Å². The van der Waals surface area contributed by atoms with Crippen molar-refractivity contribution in [1.29, 1.82) is 0 Å². The van der Waals surface area contributed by atoms with Crippen LogP contribution in [0, 0.1) is 17.0 Å². The first-order chi connectivity index (χ1) is 16.8. The molecule has 0 bridgehead atoms. The number of hydrogen-bond acceptors (Lipinski definition) is 8. The lowest BCUT2D eigenvalue weighted by Crippen LogP contribution is -2.09. The lowest BCUT2D eigenvalue weighted by atomic mass is 10.1. The lowest BCUT2D eigenvalue weighted by Gasteiger charge is -2.12. The number of halogens is 1. The second-order valence-corrected chi connectivity index (χ2v) is 8.24. The first kappa shape index (κ1) is 23.8. The fourth-order valence-corrected chi connectivity index (χ4v) is 3.87. The molecule has 0 aliphatic carbocycles. The molecular formula is C25H17BrN2O7. The molecule has 10 heteroatoms. The van der Waals surface area contributed by atoms with E-state index >= 15 is 0 Å². The molecule has 0 unspecified atom stereocenters. The van der Waals surface area contributed by atoms with Gasteiger partial charge in [-0.1, -0.05) is 18.2 Å². The number of nitro benzene ring substituents is 1. The van der Waals surface area contributed by atoms with Gasteiger partial charge in [-0.3, -0.25) is 10.1 Å². The first-order valence-electron chi connectivity index (χ1n) is 10.2. The number of cyclic esters (lactones) is 1. The molecule has 4 rings (SSSR count). The van der Waals surface area contributed by atoms with E-state index in [9.17, 15) is 19.7 Å². The summed E-state index contributed by atoms with van der Waals surface area (Å²) in [6.45, 7) is 1.59. The van der Waals surface area contributed by atoms with Crippen LogP contribution in [0.1, 0.15) is 27.0 Å². The predicted octanol–water partition coefficient (Wildman–Crippen LogP) is 5.24. The van der Waals surface area contributed by atoms with E-state index in [4.69, 9.17) is 14.2 Å². The number of rotatable bonds is 6. The molecule has 9 nitrogen and oxygen atoms in total. The van der Waals surface area contributed by atoms with Gasteiger partial charge in [-0.2, -0.15) is 0 Å². The van der Waals surface area contributed by atoms with Crippen LogP contribution in [-0.2, 0) is 9.53 Å². The third-order valence-corrected chi connectivity index (χ3v) is 5.61. The number of carbonyl (C=O) groups excluding carboxylic acids is 2. The van der Waals surface area contributed by atoms with Crippen molar-refractivity contribution in [2.24, 2.45) is 4.99 Å². The third kappa shape index (κ3) is 5.12. The Hall–Kier alpha value is -4.31. The minimum atomic E-state index is -0.675. The number of aryl methyl sites for hydroxylation is 1. The maximum absolute atomic E-state index is 12.5. The van der Waals surface area contributed by atoms with Gasteiger partial charge in [0.2, 0.25) is 5.90 Å². The van der Waals surface area contributed by atoms with Gasteiger partial charge < -0.3 is 14.2 Å². The van der Waals surface area contributed by atoms with Crippen molar-refractivity contribution in [3.8, 4) is 11.5 Å². The number of ether oxygens (including phenoxy) is 3. The summed E-state index contributed by atoms with van der Waals surface area (Å²) in [7, 11) is 1.43. The average Bonchev–Trinajstić information content (AvgIpc) is 3.20. The molecule has 0 atom stereocenters. The lowest BCUT2D eigenvalue weighted by molar-refractivity contribution is -0.385. The van der Waals surface area contributed by atoms with Gasteiger partial charge in [0.1, 0.15) is 0 Å². The number of nitro groups is 1. The van der Waals surface area contributed by atoms with Gasteiger partial charge >= 0.3 is 11.9 Å². The van der Waals surface area contributed by atoms with E-state index in [-0.39, 0.29) is 28.8 Å². The van der Waals surface area contributed by atoms with Crippen LogP contribution < -0.4 is 9.47 Å². The highest BCUT2D eigenvalue weighted by Gasteiger charge is 2.26. The van der Waals surface area contributed by atoms with Crippen molar-refractivity contribution in [3.63, 3.8) is 0 Å². The molecule has 0 spiro atoms. The van der Waals surface area contributed by atoms with E-state index in [0.29, 0.717) is 26.7 Å². The average molecular weight is 537 g/mol. The number of carbonyl (C=O) groups is 2. The molecule has 35 heavy (non-hydrogen) atoms. The van der Waals surface area contributed by atoms with Crippen molar-refractivity contribution < 1.29 is 28.7 Å². The van der Waals surface area contributed by atoms with Gasteiger partial charge in [-0.15, -0.1) is 0 Å². The summed E-state index contributed by atoms with van der Waals surface area (Å²) < 4.78 is 16.6. The summed E-state index contributed by atoms with van der Waals surface area (Å²) in [4.78, 5) is 39.7. The SMILES string of the molecule is COc1cc(/C=C2\N=C(c3ccc([N+](=O)[O-])c(C)c3)OC2=O)cc(Br)c1OC(=O)c1ccccc1. The summed E-state index contributed by atoms with van der Waals surface area (Å²) in [5, 5.41) is 11.0. The van der Waals surface area contributed by atoms with Gasteiger partial charge in [-0.05, 0) is 70.9 Å². The van der Waals surface area contributed by atoms with E-state index in [2.05, 4.69) is 20.9 Å². The van der Waals surface area contributed by atoms with Crippen LogP contribution in [0.25, 0.3) is 6.08 Å². The maximum Gasteiger partial charge on any atom is 0.363 e. The van der Waals surface area contributed by atoms with E-state index in [1.165, 1.54) is 31.4 Å². The quantitative estimate of drug-likeness (QED) is 0.139. The van der Waals surface area contributed by atoms with Gasteiger partial charge in [0.25, 0.3) is 5.69 Å². The Kier molecular flexibility index (Phi) is 6.74. The Bertz CT molecular complexity index is 1410. The van der Waals surface area contributed by atoms with Crippen LogP contribution in [0.5, 0.6) is 11.5 Å². The zero-order valence-corrected chi connectivity index (χ0v) is 20.1. The van der Waals surface area contributed by atoms with E-state index in [1.807, 2.05) is 0 Å². The number of nitrogens with zero attached hydrogens (tertiary/aromatic N) is 2. The Morgan fingerprint density at radius 3 is 2.54 bits per heavy atom. The van der Waals surface area contributed by atoms with Gasteiger partial charge in [0, 0.05) is 17.2 Å². The zero-order valence-electron chi connectivity index (χ0n) is 18.5. The number of benzene rings is 3. The number of aliphatic imine (C=N–C) groups is 1. The largest absolute Gasteiger partial charge is 0.493 e. The molecule has 0 amide bonds. The molecular weight excluding hydrogens is 520 g/mol. The minimum absolute atomic E-state index is 0.0268. The Morgan fingerprint density at radius 1 is 1.14 bits per heavy atom. The molecule has 176 valence electrons. The van der Waals surface area contributed by atoms with E-state index in [1.54, 1.807) is 49.4 Å². The molecule has 0 fully saturated rings. The first-order valence-corrected chi connectivity index (χ1v) is 11.0. The number of hydrogen-bond donors (Lipinski definition) is 0. The Labute approximate surface area is 207 Å². The van der Waals surface area contributed by atoms with Crippen molar-refractivity contribution in [3.05, 3.63) is 103 Å². The second kappa shape index (κ2) is 9.90. The molecule has 3 aromatic rings. The Balaban J connectivity index is 1.63. The monoisotopic (exact) mass is 536 g/mol. The molecule has 0 N–H and O–H groups in total. The zero-order chi connectivity index (χ0) is 25.1. The number of methoxy groups -OCH3 is 1. The topological polar surface area (TPSA) is 117 Å². The third-order valence-electron chi connectivity index (χ3n) is 5.02. The highest BCUT2D eigenvalue weighted by Crippen LogP contribution is 2.38. The highest BCUT2D eigenvalue weighted by atomic mass is 79.9. The van der Waals surface area contributed by atoms with Crippen LogP contribution in [0.15, 0.2) is 75.8 Å². The molecule has 0 saturated carbocycles. The van der Waals surface area contributed by atoms with Crippen molar-refractivity contribution in [2.75, 3.05) is 7.11 Å². The van der Waals surface area contributed by atoms with Crippen LogP contribution in [0.2, 0.25) is 0 Å². The van der Waals surface area contributed by atoms with E-state index in [0.717, 1.165) is 0 Å². The summed E-state index contributed by atoms with van der Waals surface area (Å²) >= 11 is 3.39. The van der Waals surface area contributed by atoms with Crippen molar-refractivity contribution in [2.45, 2.75) is 6.92 Å². The smallest absolute Gasteiger partial charge is 0.363 e. The van der Waals surface area contributed by atoms with E-state index < -0.39 is 16.9 Å². The highest BCUT2D eigenvalue weighted by molar-refractivity contribution is 9.10. The maximum atomic E-state index is 12.5. The molecule has 1 aliphatic rings. The molecule has 1 aliphatic heterocycles. The summed E-state index contributed by atoms with van der Waals surface area (Å²) in [6.07, 6.45) is 1.49. The molecule has 0 radical (unpaired) electrons. The predicted molar refractivity (Wildman–Crippen MR) is 131 cm³/mol. The second-order valence-electron chi connectivity index (χ2n) is 7.38. The van der Waals surface area contributed by atoms with Crippen molar-refractivity contribution >= 4 is 45.5 Å². The van der Waals surface area contributed by atoms with Crippen LogP contribution in [0.3, 0.4) is 0 Å². The van der Waals surface area contributed by atoms with Gasteiger partial charge in [-0.25, -0.2) is 14.6 Å². The van der Waals surface area contributed by atoms with Crippen LogP contribution >= 0.6 is 15.9 Å². The molecule has 0 aromatic heterocycles. The van der Waals surface area contributed by atoms with Crippen LogP contribution in [0.4, 0.5) is 5.69 Å². The standard InChI is InChI=1S/C25H17BrN2O7/c1-14-10-17(8-9-20(14)28(31)32)23-27-19(25(30)35-23)12-15-11-18(26)22(21(13-15)33-2)34-24(29)16-6-4-3-5-7-16/h3-13H,1-2H3/b19-12-. The summed E-state index contributed by atoms with van der Waals surface area (Å²) in [5.74, 6) is -0.743. The molecule has 0 saturated heterocycles. The fourth-order valence-electron chi connectivity index (χ4n) is 3.33. The minimum Gasteiger partial charge on any atom is -0.493 e.